The number of aromatic nitrogens is 1. The number of aromatic hydroxyl groups is 1. The molecule has 0 aliphatic carbocycles. The second kappa shape index (κ2) is 7.61. The van der Waals surface area contributed by atoms with Crippen molar-refractivity contribution < 1.29 is 19.2 Å². The fourth-order valence-corrected chi connectivity index (χ4v) is 3.05. The predicted octanol–water partition coefficient (Wildman–Crippen LogP) is 3.17. The highest BCUT2D eigenvalue weighted by molar-refractivity contribution is 6.32. The molecule has 2 heterocycles. The van der Waals surface area contributed by atoms with Crippen molar-refractivity contribution in [3.05, 3.63) is 90.1 Å². The van der Waals surface area contributed by atoms with E-state index >= 15 is 0 Å². The number of furan rings is 1. The van der Waals surface area contributed by atoms with Crippen LogP contribution in [0.5, 0.6) is 5.88 Å². The molecular formula is C19H12ClN3O6. The van der Waals surface area contributed by atoms with Gasteiger partial charge >= 0.3 is 0 Å². The van der Waals surface area contributed by atoms with Crippen LogP contribution < -0.4 is 5.56 Å². The number of benzene rings is 1. The maximum Gasteiger partial charge on any atom is 0.288 e. The molecule has 3 aromatic rings. The van der Waals surface area contributed by atoms with E-state index in [-0.39, 0.29) is 33.8 Å². The van der Waals surface area contributed by atoms with Gasteiger partial charge < -0.3 is 9.52 Å². The van der Waals surface area contributed by atoms with Gasteiger partial charge in [0.05, 0.1) is 23.3 Å². The third kappa shape index (κ3) is 3.49. The fourth-order valence-electron chi connectivity index (χ4n) is 2.87. The zero-order valence-corrected chi connectivity index (χ0v) is 15.6. The summed E-state index contributed by atoms with van der Waals surface area (Å²) in [7, 11) is 0. The number of nitro groups is 1. The molecule has 0 aliphatic rings. The Kier molecular flexibility index (Phi) is 5.21. The second-order valence-electron chi connectivity index (χ2n) is 6.03. The Bertz CT molecular complexity index is 1240. The van der Waals surface area contributed by atoms with E-state index in [1.54, 1.807) is 18.2 Å². The van der Waals surface area contributed by atoms with Crippen LogP contribution in [-0.4, -0.2) is 20.4 Å². The van der Waals surface area contributed by atoms with Crippen molar-refractivity contribution in [2.24, 2.45) is 0 Å². The second-order valence-corrected chi connectivity index (χ2v) is 6.44. The first-order valence-corrected chi connectivity index (χ1v) is 8.51. The van der Waals surface area contributed by atoms with Crippen LogP contribution in [0.15, 0.2) is 45.8 Å². The van der Waals surface area contributed by atoms with Gasteiger partial charge in [0.15, 0.2) is 5.78 Å². The minimum absolute atomic E-state index is 0.0340. The van der Waals surface area contributed by atoms with Crippen molar-refractivity contribution in [2.45, 2.75) is 13.5 Å². The molecule has 0 saturated heterocycles. The maximum absolute atomic E-state index is 13.0. The van der Waals surface area contributed by atoms with Crippen molar-refractivity contribution in [2.75, 3.05) is 0 Å². The molecule has 0 amide bonds. The number of hydrogen-bond donors (Lipinski definition) is 1. The number of carbonyl (C=O) groups is 1. The molecule has 10 heteroatoms. The Balaban J connectivity index is 2.23. The molecular weight excluding hydrogens is 402 g/mol. The van der Waals surface area contributed by atoms with Gasteiger partial charge in [-0.15, -0.1) is 0 Å². The van der Waals surface area contributed by atoms with Crippen LogP contribution in [0.1, 0.15) is 32.8 Å². The molecule has 0 aliphatic heterocycles. The van der Waals surface area contributed by atoms with Crippen molar-refractivity contribution in [3.63, 3.8) is 0 Å². The largest absolute Gasteiger partial charge is 0.494 e. The molecule has 1 aromatic carbocycles. The van der Waals surface area contributed by atoms with Crippen LogP contribution >= 0.6 is 11.6 Å². The number of halogens is 1. The summed E-state index contributed by atoms with van der Waals surface area (Å²) < 4.78 is 6.00. The standard InChI is InChI=1S/C19H12ClN3O6/c1-10-13(8-21)18(25)22(9-12-3-2-6-29-12)19(26)16(10)17(24)11-4-5-14(20)15(7-11)23(27)28/h2-7,26H,9H2,1H3. The third-order valence-electron chi connectivity index (χ3n) is 4.33. The van der Waals surface area contributed by atoms with E-state index < -0.39 is 27.8 Å². The number of carbonyl (C=O) groups excluding carboxylic acids is 1. The fraction of sp³-hybridized carbons (Fsp3) is 0.105. The third-order valence-corrected chi connectivity index (χ3v) is 4.65. The molecule has 29 heavy (non-hydrogen) atoms. The first-order chi connectivity index (χ1) is 13.8. The number of hydrogen-bond acceptors (Lipinski definition) is 7. The van der Waals surface area contributed by atoms with Crippen LogP contribution in [0.4, 0.5) is 5.69 Å². The van der Waals surface area contributed by atoms with Gasteiger partial charge in [0.2, 0.25) is 5.88 Å². The van der Waals surface area contributed by atoms with Gasteiger partial charge in [0.25, 0.3) is 11.2 Å². The van der Waals surface area contributed by atoms with E-state index in [2.05, 4.69) is 0 Å². The Morgan fingerprint density at radius 3 is 2.72 bits per heavy atom. The SMILES string of the molecule is Cc1c(C(=O)c2ccc(Cl)c([N+](=O)[O-])c2)c(O)n(Cc2ccco2)c(=O)c1C#N. The number of rotatable bonds is 5. The van der Waals surface area contributed by atoms with Gasteiger partial charge in [-0.05, 0) is 36.8 Å². The molecule has 0 bridgehead atoms. The summed E-state index contributed by atoms with van der Waals surface area (Å²) in [6.45, 7) is 1.13. The van der Waals surface area contributed by atoms with Crippen LogP contribution in [0.25, 0.3) is 0 Å². The Morgan fingerprint density at radius 1 is 1.41 bits per heavy atom. The van der Waals surface area contributed by atoms with E-state index in [1.165, 1.54) is 25.3 Å². The lowest BCUT2D eigenvalue weighted by Gasteiger charge is -2.15. The van der Waals surface area contributed by atoms with Gasteiger partial charge in [0, 0.05) is 11.6 Å². The molecule has 0 saturated carbocycles. The lowest BCUT2D eigenvalue weighted by atomic mass is 9.97. The lowest BCUT2D eigenvalue weighted by molar-refractivity contribution is -0.384. The normalized spacial score (nSPS) is 10.5. The van der Waals surface area contributed by atoms with E-state index in [0.29, 0.717) is 5.76 Å². The summed E-state index contributed by atoms with van der Waals surface area (Å²) in [4.78, 5) is 36.0. The Morgan fingerprint density at radius 2 is 2.14 bits per heavy atom. The van der Waals surface area contributed by atoms with Crippen molar-refractivity contribution >= 4 is 23.1 Å². The number of pyridine rings is 1. The Hall–Kier alpha value is -3.90. The molecule has 146 valence electrons. The average Bonchev–Trinajstić information content (AvgIpc) is 3.19. The summed E-state index contributed by atoms with van der Waals surface area (Å²) >= 11 is 5.78. The van der Waals surface area contributed by atoms with Crippen molar-refractivity contribution in [3.8, 4) is 11.9 Å². The average molecular weight is 414 g/mol. The number of nitro benzene ring substituents is 1. The summed E-state index contributed by atoms with van der Waals surface area (Å²) in [6, 6.07) is 8.28. The van der Waals surface area contributed by atoms with E-state index in [9.17, 15) is 30.1 Å². The first-order valence-electron chi connectivity index (χ1n) is 8.13. The van der Waals surface area contributed by atoms with Crippen LogP contribution in [-0.2, 0) is 6.54 Å². The minimum atomic E-state index is -0.801. The molecule has 0 radical (unpaired) electrons. The molecule has 2 aromatic heterocycles. The van der Waals surface area contributed by atoms with Crippen LogP contribution in [0.2, 0.25) is 5.02 Å². The van der Waals surface area contributed by atoms with Crippen molar-refractivity contribution in [1.29, 1.82) is 5.26 Å². The number of nitriles is 1. The first kappa shape index (κ1) is 19.9. The monoisotopic (exact) mass is 413 g/mol. The molecule has 9 nitrogen and oxygen atoms in total. The van der Waals surface area contributed by atoms with E-state index in [4.69, 9.17) is 16.0 Å². The molecule has 0 unspecified atom stereocenters. The quantitative estimate of drug-likeness (QED) is 0.385. The highest BCUT2D eigenvalue weighted by Crippen LogP contribution is 2.30. The Labute approximate surface area is 168 Å². The van der Waals surface area contributed by atoms with Gasteiger partial charge in [-0.25, -0.2) is 0 Å². The smallest absolute Gasteiger partial charge is 0.288 e. The summed E-state index contributed by atoms with van der Waals surface area (Å²) in [5.41, 5.74) is -2.10. The molecule has 1 N–H and O–H groups in total. The summed E-state index contributed by atoms with van der Waals surface area (Å²) in [5, 5.41) is 31.0. The van der Waals surface area contributed by atoms with E-state index in [0.717, 1.165) is 10.6 Å². The minimum Gasteiger partial charge on any atom is -0.494 e. The van der Waals surface area contributed by atoms with Gasteiger partial charge in [-0.2, -0.15) is 5.26 Å². The van der Waals surface area contributed by atoms with Crippen LogP contribution in [0.3, 0.4) is 0 Å². The molecule has 0 atom stereocenters. The van der Waals surface area contributed by atoms with Gasteiger partial charge in [-0.3, -0.25) is 24.3 Å². The topological polar surface area (TPSA) is 139 Å². The highest BCUT2D eigenvalue weighted by Gasteiger charge is 2.26. The number of ketones is 1. The lowest BCUT2D eigenvalue weighted by Crippen LogP contribution is -2.27. The summed E-state index contributed by atoms with van der Waals surface area (Å²) in [5.74, 6) is -1.16. The van der Waals surface area contributed by atoms with Crippen LogP contribution in [0, 0.1) is 28.4 Å². The molecule has 3 rings (SSSR count). The zero-order chi connectivity index (χ0) is 21.3. The van der Waals surface area contributed by atoms with Gasteiger partial charge in [0.1, 0.15) is 22.4 Å². The summed E-state index contributed by atoms with van der Waals surface area (Å²) in [6.07, 6.45) is 1.37. The maximum atomic E-state index is 13.0. The zero-order valence-electron chi connectivity index (χ0n) is 14.9. The number of nitrogens with zero attached hydrogens (tertiary/aromatic N) is 3. The molecule has 0 fully saturated rings. The van der Waals surface area contributed by atoms with Crippen molar-refractivity contribution in [1.82, 2.24) is 4.57 Å². The molecule has 0 spiro atoms. The predicted molar refractivity (Wildman–Crippen MR) is 101 cm³/mol. The van der Waals surface area contributed by atoms with E-state index in [1.807, 2.05) is 0 Å². The highest BCUT2D eigenvalue weighted by atomic mass is 35.5. The van der Waals surface area contributed by atoms with Gasteiger partial charge in [-0.1, -0.05) is 11.6 Å².